The fourth-order valence-electron chi connectivity index (χ4n) is 1.09. The van der Waals surface area contributed by atoms with Gasteiger partial charge in [0.15, 0.2) is 0 Å². The van der Waals surface area contributed by atoms with Gasteiger partial charge in [0.05, 0.1) is 12.7 Å². The predicted molar refractivity (Wildman–Crippen MR) is 58.9 cm³/mol. The number of β-amino-alcohol motifs (C(OH)–C–C–N with tert-alkyl or cyclic N) is 1. The standard InChI is InChI=1S/C10H23NO5/c1-10(2,3)11-4-6(13)8(15)9(16)7(14)5-12/h6-9,11-16H,4-5H2,1-3H3. The van der Waals surface area contributed by atoms with Crippen molar-refractivity contribution in [2.24, 2.45) is 0 Å². The van der Waals surface area contributed by atoms with Gasteiger partial charge in [-0.3, -0.25) is 0 Å². The second-order valence-electron chi connectivity index (χ2n) is 4.93. The van der Waals surface area contributed by atoms with E-state index in [1.165, 1.54) is 0 Å². The van der Waals surface area contributed by atoms with E-state index in [-0.39, 0.29) is 12.1 Å². The maximum atomic E-state index is 9.53. The average Bonchev–Trinajstić information content (AvgIpc) is 2.21. The van der Waals surface area contributed by atoms with Gasteiger partial charge in [-0.15, -0.1) is 0 Å². The highest BCUT2D eigenvalue weighted by atomic mass is 16.4. The van der Waals surface area contributed by atoms with Crippen LogP contribution in [-0.4, -0.2) is 68.6 Å². The van der Waals surface area contributed by atoms with Crippen molar-refractivity contribution in [2.75, 3.05) is 13.2 Å². The van der Waals surface area contributed by atoms with Crippen LogP contribution >= 0.6 is 0 Å². The Balaban J connectivity index is 4.12. The molecule has 0 amide bonds. The molecule has 0 aliphatic heterocycles. The molecular formula is C10H23NO5. The zero-order valence-electron chi connectivity index (χ0n) is 9.96. The highest BCUT2D eigenvalue weighted by Crippen LogP contribution is 2.06. The Morgan fingerprint density at radius 3 is 1.75 bits per heavy atom. The molecule has 6 nitrogen and oxygen atoms in total. The first-order valence-corrected chi connectivity index (χ1v) is 5.27. The molecule has 0 spiro atoms. The smallest absolute Gasteiger partial charge is 0.111 e. The van der Waals surface area contributed by atoms with Gasteiger partial charge in [0, 0.05) is 12.1 Å². The first-order chi connectivity index (χ1) is 7.19. The largest absolute Gasteiger partial charge is 0.394 e. The molecule has 0 aliphatic carbocycles. The molecule has 0 aromatic rings. The lowest BCUT2D eigenvalue weighted by Gasteiger charge is -2.28. The van der Waals surface area contributed by atoms with Crippen LogP contribution in [0.2, 0.25) is 0 Å². The fourth-order valence-corrected chi connectivity index (χ4v) is 1.09. The van der Waals surface area contributed by atoms with E-state index < -0.39 is 31.0 Å². The summed E-state index contributed by atoms with van der Waals surface area (Å²) in [6, 6.07) is 0. The molecule has 4 unspecified atom stereocenters. The van der Waals surface area contributed by atoms with Gasteiger partial charge < -0.3 is 30.8 Å². The highest BCUT2D eigenvalue weighted by Gasteiger charge is 2.30. The van der Waals surface area contributed by atoms with Gasteiger partial charge in [-0.25, -0.2) is 0 Å². The second kappa shape index (κ2) is 6.48. The van der Waals surface area contributed by atoms with Crippen molar-refractivity contribution in [2.45, 2.75) is 50.7 Å². The Kier molecular flexibility index (Phi) is 6.39. The Morgan fingerprint density at radius 1 is 0.938 bits per heavy atom. The quantitative estimate of drug-likeness (QED) is 0.313. The van der Waals surface area contributed by atoms with Gasteiger partial charge in [0.1, 0.15) is 18.3 Å². The van der Waals surface area contributed by atoms with Gasteiger partial charge in [0.25, 0.3) is 0 Å². The molecule has 0 aromatic heterocycles. The first-order valence-electron chi connectivity index (χ1n) is 5.27. The Hall–Kier alpha value is -0.240. The van der Waals surface area contributed by atoms with Crippen LogP contribution in [0.5, 0.6) is 0 Å². The Morgan fingerprint density at radius 2 is 1.38 bits per heavy atom. The molecule has 0 radical (unpaired) electrons. The maximum Gasteiger partial charge on any atom is 0.111 e. The number of aliphatic hydroxyl groups is 5. The van der Waals surface area contributed by atoms with Gasteiger partial charge in [-0.05, 0) is 20.8 Å². The summed E-state index contributed by atoms with van der Waals surface area (Å²) in [6.07, 6.45) is -5.74. The summed E-state index contributed by atoms with van der Waals surface area (Å²) in [5.74, 6) is 0. The van der Waals surface area contributed by atoms with Crippen LogP contribution in [0.1, 0.15) is 20.8 Å². The third-order valence-electron chi connectivity index (χ3n) is 2.17. The van der Waals surface area contributed by atoms with Crippen molar-refractivity contribution in [1.82, 2.24) is 5.32 Å². The normalized spacial score (nSPS) is 20.2. The molecular weight excluding hydrogens is 214 g/mol. The Labute approximate surface area is 95.5 Å². The molecule has 0 fully saturated rings. The van der Waals surface area contributed by atoms with Crippen molar-refractivity contribution in [3.63, 3.8) is 0 Å². The summed E-state index contributed by atoms with van der Waals surface area (Å²) in [5, 5.41) is 49.0. The van der Waals surface area contributed by atoms with Crippen LogP contribution in [0.3, 0.4) is 0 Å². The van der Waals surface area contributed by atoms with E-state index in [4.69, 9.17) is 10.2 Å². The molecule has 0 aromatic carbocycles. The number of hydrogen-bond acceptors (Lipinski definition) is 6. The summed E-state index contributed by atoms with van der Waals surface area (Å²) in [6.45, 7) is 5.10. The Bertz CT molecular complexity index is 194. The van der Waals surface area contributed by atoms with Crippen LogP contribution in [0.25, 0.3) is 0 Å². The van der Waals surface area contributed by atoms with E-state index in [1.807, 2.05) is 20.8 Å². The van der Waals surface area contributed by atoms with E-state index in [0.717, 1.165) is 0 Å². The lowest BCUT2D eigenvalue weighted by atomic mass is 10.0. The SMILES string of the molecule is CC(C)(C)NCC(O)C(O)C(O)C(O)CO. The average molecular weight is 237 g/mol. The lowest BCUT2D eigenvalue weighted by Crippen LogP contribution is -2.51. The molecule has 0 bridgehead atoms. The highest BCUT2D eigenvalue weighted by molar-refractivity contribution is 4.83. The summed E-state index contributed by atoms with van der Waals surface area (Å²) >= 11 is 0. The van der Waals surface area contributed by atoms with E-state index in [2.05, 4.69) is 5.32 Å². The summed E-state index contributed by atoms with van der Waals surface area (Å²) < 4.78 is 0. The number of nitrogens with one attached hydrogen (secondary N) is 1. The first kappa shape index (κ1) is 15.8. The van der Waals surface area contributed by atoms with Gasteiger partial charge >= 0.3 is 0 Å². The van der Waals surface area contributed by atoms with Crippen molar-refractivity contribution >= 4 is 0 Å². The fraction of sp³-hybridized carbons (Fsp3) is 1.00. The van der Waals surface area contributed by atoms with Crippen LogP contribution in [-0.2, 0) is 0 Å². The van der Waals surface area contributed by atoms with Gasteiger partial charge in [0.2, 0.25) is 0 Å². The lowest BCUT2D eigenvalue weighted by molar-refractivity contribution is -0.114. The van der Waals surface area contributed by atoms with Crippen molar-refractivity contribution in [1.29, 1.82) is 0 Å². The van der Waals surface area contributed by atoms with Gasteiger partial charge in [-0.2, -0.15) is 0 Å². The summed E-state index contributed by atoms with van der Waals surface area (Å²) in [5.41, 5.74) is -0.221. The van der Waals surface area contributed by atoms with E-state index in [9.17, 15) is 15.3 Å². The summed E-state index contributed by atoms with van der Waals surface area (Å²) in [7, 11) is 0. The van der Waals surface area contributed by atoms with Crippen molar-refractivity contribution in [3.8, 4) is 0 Å². The van der Waals surface area contributed by atoms with Crippen molar-refractivity contribution in [3.05, 3.63) is 0 Å². The van der Waals surface area contributed by atoms with Crippen LogP contribution in [0, 0.1) is 0 Å². The molecule has 0 saturated heterocycles. The minimum Gasteiger partial charge on any atom is -0.394 e. The molecule has 4 atom stereocenters. The zero-order valence-corrected chi connectivity index (χ0v) is 9.96. The van der Waals surface area contributed by atoms with E-state index in [0.29, 0.717) is 0 Å². The number of rotatable bonds is 6. The number of hydrogen-bond donors (Lipinski definition) is 6. The third-order valence-corrected chi connectivity index (χ3v) is 2.17. The minimum absolute atomic E-state index is 0.0832. The van der Waals surface area contributed by atoms with E-state index >= 15 is 0 Å². The molecule has 0 saturated carbocycles. The minimum atomic E-state index is -1.57. The van der Waals surface area contributed by atoms with Crippen LogP contribution in [0.4, 0.5) is 0 Å². The molecule has 0 aliphatic rings. The molecule has 6 N–H and O–H groups in total. The predicted octanol–water partition coefficient (Wildman–Crippen LogP) is -2.19. The van der Waals surface area contributed by atoms with Crippen LogP contribution < -0.4 is 5.32 Å². The second-order valence-corrected chi connectivity index (χ2v) is 4.93. The topological polar surface area (TPSA) is 113 Å². The summed E-state index contributed by atoms with van der Waals surface area (Å²) in [4.78, 5) is 0. The van der Waals surface area contributed by atoms with Crippen molar-refractivity contribution < 1.29 is 25.5 Å². The maximum absolute atomic E-state index is 9.53. The molecule has 16 heavy (non-hydrogen) atoms. The number of aliphatic hydroxyl groups excluding tert-OH is 5. The zero-order chi connectivity index (χ0) is 12.9. The molecule has 0 heterocycles. The van der Waals surface area contributed by atoms with E-state index in [1.54, 1.807) is 0 Å². The third kappa shape index (κ3) is 5.74. The molecule has 98 valence electrons. The monoisotopic (exact) mass is 237 g/mol. The molecule has 6 heteroatoms. The molecule has 0 rings (SSSR count). The van der Waals surface area contributed by atoms with Crippen LogP contribution in [0.15, 0.2) is 0 Å². The van der Waals surface area contributed by atoms with Gasteiger partial charge in [-0.1, -0.05) is 0 Å².